The summed E-state index contributed by atoms with van der Waals surface area (Å²) in [6.45, 7) is 0.618. The topological polar surface area (TPSA) is 51.5 Å². The summed E-state index contributed by atoms with van der Waals surface area (Å²) in [7, 11) is 1.58. The second-order valence-electron chi connectivity index (χ2n) is 5.26. The number of furan rings is 1. The maximum absolute atomic E-state index is 12.2. The zero-order chi connectivity index (χ0) is 16.8. The van der Waals surface area contributed by atoms with Crippen LogP contribution in [-0.4, -0.2) is 25.3 Å². The number of fused-ring (bicyclic) bond motifs is 1. The summed E-state index contributed by atoms with van der Waals surface area (Å²) in [5.41, 5.74) is 0.602. The average Bonchev–Trinajstić information content (AvgIpc) is 3.06. The molecule has 124 valence electrons. The first-order valence-electron chi connectivity index (χ1n) is 7.80. The van der Waals surface area contributed by atoms with Gasteiger partial charge in [0.05, 0.1) is 7.11 Å². The molecule has 2 aromatic carbocycles. The maximum atomic E-state index is 12.2. The van der Waals surface area contributed by atoms with Crippen molar-refractivity contribution in [1.29, 1.82) is 0 Å². The number of benzene rings is 2. The lowest BCUT2D eigenvalue weighted by Crippen LogP contribution is -2.24. The molecule has 0 saturated carbocycles. The quantitative estimate of drug-likeness (QED) is 0.513. The number of amides is 1. The van der Waals surface area contributed by atoms with Gasteiger partial charge in [-0.1, -0.05) is 30.3 Å². The minimum absolute atomic E-state index is 0.196. The molecule has 3 aromatic rings. The van der Waals surface area contributed by atoms with Crippen LogP contribution in [0.2, 0.25) is 0 Å². The lowest BCUT2D eigenvalue weighted by atomic mass is 10.2. The normalized spacial score (nSPS) is 10.7. The van der Waals surface area contributed by atoms with Crippen LogP contribution in [0.4, 0.5) is 0 Å². The Morgan fingerprint density at radius 1 is 1.17 bits per heavy atom. The van der Waals surface area contributed by atoms with Crippen molar-refractivity contribution in [3.63, 3.8) is 0 Å². The van der Waals surface area contributed by atoms with Gasteiger partial charge in [0.1, 0.15) is 0 Å². The van der Waals surface area contributed by atoms with Gasteiger partial charge >= 0.3 is 0 Å². The Balaban J connectivity index is 1.50. The smallest absolute Gasteiger partial charge is 0.287 e. The Bertz CT molecular complexity index is 814. The molecule has 5 heteroatoms. The van der Waals surface area contributed by atoms with Gasteiger partial charge in [-0.2, -0.15) is 0 Å². The zero-order valence-corrected chi connectivity index (χ0v) is 14.3. The molecule has 0 unspecified atom stereocenters. The number of methoxy groups -OCH3 is 1. The SMILES string of the molecule is COc1cccc2cc(C(=O)NCCCSc3ccccc3)oc12. The molecule has 1 amide bonds. The van der Waals surface area contributed by atoms with Gasteiger partial charge in [0.2, 0.25) is 0 Å². The van der Waals surface area contributed by atoms with E-state index in [-0.39, 0.29) is 5.91 Å². The van der Waals surface area contributed by atoms with Crippen molar-refractivity contribution >= 4 is 28.6 Å². The second kappa shape index (κ2) is 7.93. The Labute approximate surface area is 145 Å². The van der Waals surface area contributed by atoms with Gasteiger partial charge in [-0.05, 0) is 36.4 Å². The number of carbonyl (C=O) groups is 1. The number of carbonyl (C=O) groups excluding carboxylic acids is 1. The predicted molar refractivity (Wildman–Crippen MR) is 96.9 cm³/mol. The fourth-order valence-electron chi connectivity index (χ4n) is 2.38. The number of para-hydroxylation sites is 1. The van der Waals surface area contributed by atoms with Gasteiger partial charge in [0.15, 0.2) is 17.1 Å². The first kappa shape index (κ1) is 16.5. The van der Waals surface area contributed by atoms with Crippen molar-refractivity contribution in [3.8, 4) is 5.75 Å². The summed E-state index contributed by atoms with van der Waals surface area (Å²) in [6, 6.07) is 17.6. The van der Waals surface area contributed by atoms with E-state index in [0.717, 1.165) is 17.6 Å². The van der Waals surface area contributed by atoms with Gasteiger partial charge in [0, 0.05) is 16.8 Å². The number of hydrogen-bond donors (Lipinski definition) is 1. The number of thioether (sulfide) groups is 1. The molecule has 0 radical (unpaired) electrons. The fourth-order valence-corrected chi connectivity index (χ4v) is 3.25. The molecule has 0 fully saturated rings. The lowest BCUT2D eigenvalue weighted by Gasteiger charge is -2.03. The highest BCUT2D eigenvalue weighted by atomic mass is 32.2. The average molecular weight is 341 g/mol. The maximum Gasteiger partial charge on any atom is 0.287 e. The Morgan fingerprint density at radius 2 is 2.00 bits per heavy atom. The highest BCUT2D eigenvalue weighted by molar-refractivity contribution is 7.99. The Morgan fingerprint density at radius 3 is 2.79 bits per heavy atom. The van der Waals surface area contributed by atoms with E-state index in [1.165, 1.54) is 4.90 Å². The Hall–Kier alpha value is -2.40. The molecule has 1 N–H and O–H groups in total. The fraction of sp³-hybridized carbons (Fsp3) is 0.211. The van der Waals surface area contributed by atoms with E-state index in [1.807, 2.05) is 36.4 Å². The number of hydrogen-bond acceptors (Lipinski definition) is 4. The van der Waals surface area contributed by atoms with Crippen molar-refractivity contribution in [2.45, 2.75) is 11.3 Å². The Kier molecular flexibility index (Phi) is 5.43. The largest absolute Gasteiger partial charge is 0.493 e. The second-order valence-corrected chi connectivity index (χ2v) is 6.43. The lowest BCUT2D eigenvalue weighted by molar-refractivity contribution is 0.0928. The van der Waals surface area contributed by atoms with Crippen molar-refractivity contribution in [1.82, 2.24) is 5.32 Å². The summed E-state index contributed by atoms with van der Waals surface area (Å²) >= 11 is 1.79. The monoisotopic (exact) mass is 341 g/mol. The van der Waals surface area contributed by atoms with Crippen LogP contribution < -0.4 is 10.1 Å². The molecular formula is C19H19NO3S. The van der Waals surface area contributed by atoms with E-state index in [1.54, 1.807) is 24.9 Å². The van der Waals surface area contributed by atoms with Gasteiger partial charge in [-0.15, -0.1) is 11.8 Å². The standard InChI is InChI=1S/C19H19NO3S/c1-22-16-10-5-7-14-13-17(23-18(14)16)19(21)20-11-6-12-24-15-8-3-2-4-9-15/h2-5,7-10,13H,6,11-12H2,1H3,(H,20,21). The van der Waals surface area contributed by atoms with E-state index in [2.05, 4.69) is 17.4 Å². The van der Waals surface area contributed by atoms with Crippen LogP contribution >= 0.6 is 11.8 Å². The number of rotatable bonds is 7. The first-order chi connectivity index (χ1) is 11.8. The highest BCUT2D eigenvalue weighted by Gasteiger charge is 2.14. The van der Waals surface area contributed by atoms with Crippen molar-refractivity contribution in [2.75, 3.05) is 19.4 Å². The molecule has 0 saturated heterocycles. The van der Waals surface area contributed by atoms with Gasteiger partial charge < -0.3 is 14.5 Å². The third-order valence-corrected chi connectivity index (χ3v) is 4.67. The first-order valence-corrected chi connectivity index (χ1v) is 8.79. The van der Waals surface area contributed by atoms with E-state index in [4.69, 9.17) is 9.15 Å². The van der Waals surface area contributed by atoms with Gasteiger partial charge in [0.25, 0.3) is 5.91 Å². The zero-order valence-electron chi connectivity index (χ0n) is 13.5. The summed E-state index contributed by atoms with van der Waals surface area (Å²) in [6.07, 6.45) is 0.898. The minimum atomic E-state index is -0.196. The minimum Gasteiger partial charge on any atom is -0.493 e. The van der Waals surface area contributed by atoms with Crippen molar-refractivity contribution in [3.05, 3.63) is 60.4 Å². The van der Waals surface area contributed by atoms with E-state index in [0.29, 0.717) is 23.6 Å². The van der Waals surface area contributed by atoms with Crippen LogP contribution in [0.25, 0.3) is 11.0 Å². The summed E-state index contributed by atoms with van der Waals surface area (Å²) in [5, 5.41) is 3.76. The predicted octanol–water partition coefficient (Wildman–Crippen LogP) is 4.35. The molecule has 1 heterocycles. The molecular weight excluding hydrogens is 322 g/mol. The van der Waals surface area contributed by atoms with E-state index >= 15 is 0 Å². The van der Waals surface area contributed by atoms with Crippen molar-refractivity contribution < 1.29 is 13.9 Å². The molecule has 1 aromatic heterocycles. The summed E-state index contributed by atoms with van der Waals surface area (Å²) < 4.78 is 10.9. The molecule has 0 aliphatic carbocycles. The molecule has 24 heavy (non-hydrogen) atoms. The van der Waals surface area contributed by atoms with Crippen molar-refractivity contribution in [2.24, 2.45) is 0 Å². The molecule has 0 aliphatic rings. The number of nitrogens with one attached hydrogen (secondary N) is 1. The van der Waals surface area contributed by atoms with Crippen LogP contribution in [0.3, 0.4) is 0 Å². The summed E-state index contributed by atoms with van der Waals surface area (Å²) in [4.78, 5) is 13.4. The van der Waals surface area contributed by atoms with E-state index in [9.17, 15) is 4.79 Å². The highest BCUT2D eigenvalue weighted by Crippen LogP contribution is 2.28. The third kappa shape index (κ3) is 3.92. The molecule has 0 bridgehead atoms. The molecule has 4 nitrogen and oxygen atoms in total. The van der Waals surface area contributed by atoms with Crippen LogP contribution in [0.15, 0.2) is 63.9 Å². The molecule has 0 atom stereocenters. The number of ether oxygens (including phenoxy) is 1. The summed E-state index contributed by atoms with van der Waals surface area (Å²) in [5.74, 6) is 1.70. The van der Waals surface area contributed by atoms with E-state index < -0.39 is 0 Å². The van der Waals surface area contributed by atoms with Crippen LogP contribution in [-0.2, 0) is 0 Å². The third-order valence-electron chi connectivity index (χ3n) is 3.57. The van der Waals surface area contributed by atoms with Crippen LogP contribution in [0, 0.1) is 0 Å². The molecule has 0 aliphatic heterocycles. The van der Waals surface area contributed by atoms with Gasteiger partial charge in [-0.25, -0.2) is 0 Å². The molecule has 0 spiro atoms. The van der Waals surface area contributed by atoms with Crippen LogP contribution in [0.5, 0.6) is 5.75 Å². The molecule has 3 rings (SSSR count). The van der Waals surface area contributed by atoms with Gasteiger partial charge in [-0.3, -0.25) is 4.79 Å². The van der Waals surface area contributed by atoms with Crippen LogP contribution in [0.1, 0.15) is 17.0 Å².